The maximum atomic E-state index is 12.9. The van der Waals surface area contributed by atoms with Gasteiger partial charge in [0.1, 0.15) is 5.84 Å². The minimum absolute atomic E-state index is 0.0985. The lowest BCUT2D eigenvalue weighted by Crippen LogP contribution is -2.51. The van der Waals surface area contributed by atoms with Gasteiger partial charge in [-0.3, -0.25) is 9.79 Å². The first-order chi connectivity index (χ1) is 21.5. The van der Waals surface area contributed by atoms with Crippen LogP contribution >= 0.6 is 0 Å². The molecule has 1 rings (SSSR count). The fourth-order valence-corrected chi connectivity index (χ4v) is 6.96. The molecule has 2 atom stereocenters. The molecule has 0 bridgehead atoms. The van der Waals surface area contributed by atoms with Gasteiger partial charge in [0.25, 0.3) is 0 Å². The van der Waals surface area contributed by atoms with E-state index in [2.05, 4.69) is 38.3 Å². The minimum atomic E-state index is -0.0985. The number of carbonyl (C=O) groups is 1. The van der Waals surface area contributed by atoms with Gasteiger partial charge in [-0.15, -0.1) is 0 Å². The molecule has 0 aliphatic carbocycles. The van der Waals surface area contributed by atoms with Gasteiger partial charge < -0.3 is 10.6 Å². The molecule has 260 valence electrons. The van der Waals surface area contributed by atoms with E-state index in [4.69, 9.17) is 4.99 Å². The van der Waals surface area contributed by atoms with Crippen LogP contribution in [-0.2, 0) is 4.79 Å². The van der Waals surface area contributed by atoms with Crippen LogP contribution in [-0.4, -0.2) is 30.9 Å². The predicted octanol–water partition coefficient (Wildman–Crippen LogP) is 12.2. The molecule has 0 fully saturated rings. The lowest BCUT2D eigenvalue weighted by atomic mass is 9.76. The topological polar surface area (TPSA) is 53.5 Å². The van der Waals surface area contributed by atoms with E-state index in [0.717, 1.165) is 31.8 Å². The summed E-state index contributed by atoms with van der Waals surface area (Å²) >= 11 is 0. The average Bonchev–Trinajstić information content (AvgIpc) is 3.57. The van der Waals surface area contributed by atoms with Crippen LogP contribution in [0.2, 0.25) is 0 Å². The van der Waals surface area contributed by atoms with E-state index in [1.807, 2.05) is 0 Å². The summed E-state index contributed by atoms with van der Waals surface area (Å²) < 4.78 is 0. The highest BCUT2D eigenvalue weighted by atomic mass is 16.1. The Kier molecular flexibility index (Phi) is 27.3. The Morgan fingerprint density at radius 3 is 1.36 bits per heavy atom. The molecule has 4 heteroatoms. The van der Waals surface area contributed by atoms with Crippen molar-refractivity contribution in [3.63, 3.8) is 0 Å². The smallest absolute Gasteiger partial charge is 0.220 e. The predicted molar refractivity (Wildman–Crippen MR) is 196 cm³/mol. The summed E-state index contributed by atoms with van der Waals surface area (Å²) in [6.45, 7) is 10.9. The van der Waals surface area contributed by atoms with Crippen molar-refractivity contribution in [2.24, 2.45) is 10.4 Å². The highest BCUT2D eigenvalue weighted by Crippen LogP contribution is 2.31. The van der Waals surface area contributed by atoms with E-state index >= 15 is 0 Å². The molecule has 4 nitrogen and oxygen atoms in total. The number of amidine groups is 1. The van der Waals surface area contributed by atoms with Crippen LogP contribution in [0.15, 0.2) is 4.99 Å². The molecule has 0 aromatic rings. The number of rotatable bonds is 33. The highest BCUT2D eigenvalue weighted by molar-refractivity contribution is 5.90. The van der Waals surface area contributed by atoms with E-state index in [1.54, 1.807) is 0 Å². The largest absolute Gasteiger partial charge is 0.371 e. The quantitative estimate of drug-likeness (QED) is 0.0720. The Labute approximate surface area is 276 Å². The number of hydrogen-bond donors (Lipinski definition) is 2. The molecule has 0 saturated carbocycles. The van der Waals surface area contributed by atoms with Gasteiger partial charge in [-0.05, 0) is 19.8 Å². The van der Waals surface area contributed by atoms with Crippen molar-refractivity contribution in [2.45, 2.75) is 226 Å². The Balaban J connectivity index is 2.12. The fourth-order valence-electron chi connectivity index (χ4n) is 6.96. The van der Waals surface area contributed by atoms with Crippen molar-refractivity contribution < 1.29 is 4.79 Å². The van der Waals surface area contributed by atoms with Crippen molar-refractivity contribution in [2.75, 3.05) is 13.1 Å². The molecule has 1 amide bonds. The molecule has 1 aliphatic rings. The van der Waals surface area contributed by atoms with Crippen LogP contribution in [0.3, 0.4) is 0 Å². The van der Waals surface area contributed by atoms with Crippen LogP contribution in [0.25, 0.3) is 0 Å². The van der Waals surface area contributed by atoms with E-state index in [-0.39, 0.29) is 17.4 Å². The molecule has 0 aromatic heterocycles. The van der Waals surface area contributed by atoms with Gasteiger partial charge in [-0.25, -0.2) is 0 Å². The molecule has 2 unspecified atom stereocenters. The second-order valence-electron chi connectivity index (χ2n) is 14.6. The summed E-state index contributed by atoms with van der Waals surface area (Å²) in [5, 5.41) is 6.93. The first kappa shape index (κ1) is 41.0. The standard InChI is InChI=1S/C40H79N3O/c1-5-7-9-11-13-15-17-19-20-22-24-26-28-30-32-34-40(4,39-41-35-36-42-39)37(3)43-38(44)33-31-29-27-25-23-21-18-16-14-12-10-8-6-2/h37H,5-36H2,1-4H3,(H,41,42)(H,43,44). The molecule has 44 heavy (non-hydrogen) atoms. The number of hydrogen-bond acceptors (Lipinski definition) is 3. The molecular formula is C40H79N3O. The van der Waals surface area contributed by atoms with Gasteiger partial charge in [0.15, 0.2) is 0 Å². The summed E-state index contributed by atoms with van der Waals surface area (Å²) in [5.41, 5.74) is -0.0985. The SMILES string of the molecule is CCCCCCCCCCCCCCCCCC(C)(C1=NCCN1)C(C)NC(=O)CCCCCCCCCCCCCCC. The van der Waals surface area contributed by atoms with Gasteiger partial charge in [-0.1, -0.05) is 194 Å². The summed E-state index contributed by atoms with van der Waals surface area (Å²) in [7, 11) is 0. The van der Waals surface area contributed by atoms with Crippen LogP contribution in [0.1, 0.15) is 220 Å². The third kappa shape index (κ3) is 21.6. The second-order valence-corrected chi connectivity index (χ2v) is 14.6. The van der Waals surface area contributed by atoms with Gasteiger partial charge in [0.05, 0.1) is 6.54 Å². The lowest BCUT2D eigenvalue weighted by Gasteiger charge is -2.36. The van der Waals surface area contributed by atoms with Crippen molar-refractivity contribution in [1.82, 2.24) is 10.6 Å². The van der Waals surface area contributed by atoms with Crippen LogP contribution in [0, 0.1) is 5.41 Å². The third-order valence-electron chi connectivity index (χ3n) is 10.4. The Hall–Kier alpha value is -1.06. The number of aliphatic imine (C=N–C) groups is 1. The molecule has 0 aromatic carbocycles. The summed E-state index contributed by atoms with van der Waals surface area (Å²) in [4.78, 5) is 17.7. The summed E-state index contributed by atoms with van der Waals surface area (Å²) in [6.07, 6.45) is 40.0. The third-order valence-corrected chi connectivity index (χ3v) is 10.4. The Morgan fingerprint density at radius 2 is 1.00 bits per heavy atom. The number of nitrogens with zero attached hydrogens (tertiary/aromatic N) is 1. The normalized spacial score (nSPS) is 15.1. The maximum Gasteiger partial charge on any atom is 0.220 e. The van der Waals surface area contributed by atoms with E-state index < -0.39 is 0 Å². The zero-order chi connectivity index (χ0) is 32.0. The number of unbranched alkanes of at least 4 members (excludes halogenated alkanes) is 26. The van der Waals surface area contributed by atoms with Crippen molar-refractivity contribution in [1.29, 1.82) is 0 Å². The zero-order valence-electron chi connectivity index (χ0n) is 30.6. The lowest BCUT2D eigenvalue weighted by molar-refractivity contribution is -0.122. The van der Waals surface area contributed by atoms with Crippen molar-refractivity contribution in [3.8, 4) is 0 Å². The molecule has 1 heterocycles. The second kappa shape index (κ2) is 29.3. The average molecular weight is 618 g/mol. The molecule has 1 aliphatic heterocycles. The van der Waals surface area contributed by atoms with Gasteiger partial charge >= 0.3 is 0 Å². The number of amides is 1. The molecule has 0 spiro atoms. The monoisotopic (exact) mass is 618 g/mol. The minimum Gasteiger partial charge on any atom is -0.371 e. The molecular weight excluding hydrogens is 538 g/mol. The first-order valence-corrected chi connectivity index (χ1v) is 20.1. The van der Waals surface area contributed by atoms with Crippen molar-refractivity contribution >= 4 is 11.7 Å². The number of nitrogens with one attached hydrogen (secondary N) is 2. The maximum absolute atomic E-state index is 12.9. The van der Waals surface area contributed by atoms with E-state index in [0.29, 0.717) is 6.42 Å². The van der Waals surface area contributed by atoms with E-state index in [1.165, 1.54) is 173 Å². The van der Waals surface area contributed by atoms with Crippen molar-refractivity contribution in [3.05, 3.63) is 0 Å². The highest BCUT2D eigenvalue weighted by Gasteiger charge is 2.38. The Morgan fingerprint density at radius 1 is 0.636 bits per heavy atom. The fraction of sp³-hybridized carbons (Fsp3) is 0.950. The summed E-state index contributed by atoms with van der Waals surface area (Å²) in [6, 6.07) is 0.105. The van der Waals surface area contributed by atoms with Crippen LogP contribution in [0.5, 0.6) is 0 Å². The van der Waals surface area contributed by atoms with Crippen LogP contribution in [0.4, 0.5) is 0 Å². The van der Waals surface area contributed by atoms with Gasteiger partial charge in [0.2, 0.25) is 5.91 Å². The summed E-state index contributed by atoms with van der Waals surface area (Å²) in [5.74, 6) is 1.35. The first-order valence-electron chi connectivity index (χ1n) is 20.1. The van der Waals surface area contributed by atoms with Crippen LogP contribution < -0.4 is 10.6 Å². The molecule has 0 radical (unpaired) electrons. The molecule has 0 saturated heterocycles. The Bertz CT molecular complexity index is 678. The van der Waals surface area contributed by atoms with E-state index in [9.17, 15) is 4.79 Å². The number of carbonyl (C=O) groups excluding carboxylic acids is 1. The molecule has 2 N–H and O–H groups in total. The zero-order valence-corrected chi connectivity index (χ0v) is 30.6. The van der Waals surface area contributed by atoms with Gasteiger partial charge in [0, 0.05) is 24.4 Å². The van der Waals surface area contributed by atoms with Gasteiger partial charge in [-0.2, -0.15) is 0 Å².